The lowest BCUT2D eigenvalue weighted by Crippen LogP contribution is -2.37. The fourth-order valence-corrected chi connectivity index (χ4v) is 2.78. The van der Waals surface area contributed by atoms with Gasteiger partial charge in [-0.2, -0.15) is 4.98 Å². The van der Waals surface area contributed by atoms with E-state index in [4.69, 9.17) is 9.26 Å². The van der Waals surface area contributed by atoms with E-state index in [-0.39, 0.29) is 11.5 Å². The summed E-state index contributed by atoms with van der Waals surface area (Å²) in [5, 5.41) is 3.84. The average Bonchev–Trinajstić information content (AvgIpc) is 2.68. The highest BCUT2D eigenvalue weighted by Gasteiger charge is 2.65. The molecular weight excluding hydrogens is 246 g/mol. The second kappa shape index (κ2) is 3.71. The molecule has 19 heavy (non-hydrogen) atoms. The first kappa shape index (κ1) is 12.4. The summed E-state index contributed by atoms with van der Waals surface area (Å²) < 4.78 is 10.7. The Balaban J connectivity index is 1.70. The van der Waals surface area contributed by atoms with Gasteiger partial charge in [-0.25, -0.2) is 4.79 Å². The molecule has 2 aliphatic rings. The summed E-state index contributed by atoms with van der Waals surface area (Å²) in [6.45, 7) is 8.77. The van der Waals surface area contributed by atoms with Gasteiger partial charge in [0.1, 0.15) is 5.60 Å². The van der Waals surface area contributed by atoms with Crippen molar-refractivity contribution in [1.29, 1.82) is 0 Å². The van der Waals surface area contributed by atoms with Crippen molar-refractivity contribution in [3.8, 4) is 0 Å². The number of carbonyl (C=O) groups is 1. The summed E-state index contributed by atoms with van der Waals surface area (Å²) in [5.41, 5.74) is -0.573. The molecule has 2 atom stereocenters. The van der Waals surface area contributed by atoms with Gasteiger partial charge in [0.25, 0.3) is 0 Å². The molecule has 0 spiro atoms. The number of nitrogens with zero attached hydrogens (tertiary/aromatic N) is 3. The molecule has 1 saturated carbocycles. The third-order valence-corrected chi connectivity index (χ3v) is 3.75. The lowest BCUT2D eigenvalue weighted by atomic mass is 10.1. The molecule has 1 saturated heterocycles. The van der Waals surface area contributed by atoms with Gasteiger partial charge < -0.3 is 14.2 Å². The van der Waals surface area contributed by atoms with Crippen molar-refractivity contribution >= 4 is 6.09 Å². The second-order valence-corrected chi connectivity index (χ2v) is 6.56. The molecule has 1 aliphatic carbocycles. The maximum Gasteiger partial charge on any atom is 0.410 e. The quantitative estimate of drug-likeness (QED) is 0.775. The molecule has 0 N–H and O–H groups in total. The van der Waals surface area contributed by atoms with Crippen molar-refractivity contribution in [2.75, 3.05) is 13.1 Å². The van der Waals surface area contributed by atoms with Gasteiger partial charge in [0.15, 0.2) is 5.82 Å². The van der Waals surface area contributed by atoms with Crippen molar-refractivity contribution in [3.05, 3.63) is 11.7 Å². The largest absolute Gasteiger partial charge is 0.444 e. The van der Waals surface area contributed by atoms with Crippen LogP contribution in [0.2, 0.25) is 0 Å². The Hall–Kier alpha value is -1.59. The SMILES string of the molecule is Cc1noc([C@]23C[C@@H]2CN(C(=O)OC(C)(C)C)C3)n1. The van der Waals surface area contributed by atoms with Gasteiger partial charge in [0.05, 0.1) is 5.41 Å². The Bertz CT molecular complexity index is 519. The van der Waals surface area contributed by atoms with Crippen molar-refractivity contribution in [3.63, 3.8) is 0 Å². The minimum Gasteiger partial charge on any atom is -0.444 e. The van der Waals surface area contributed by atoms with Gasteiger partial charge >= 0.3 is 6.09 Å². The number of rotatable bonds is 1. The zero-order valence-corrected chi connectivity index (χ0v) is 11.8. The third kappa shape index (κ3) is 2.09. The van der Waals surface area contributed by atoms with E-state index in [1.807, 2.05) is 27.7 Å². The van der Waals surface area contributed by atoms with Crippen LogP contribution in [0.3, 0.4) is 0 Å². The topological polar surface area (TPSA) is 68.5 Å². The summed E-state index contributed by atoms with van der Waals surface area (Å²) in [7, 11) is 0. The lowest BCUT2D eigenvalue weighted by molar-refractivity contribution is 0.0268. The number of likely N-dealkylation sites (tertiary alicyclic amines) is 1. The fraction of sp³-hybridized carbons (Fsp3) is 0.769. The van der Waals surface area contributed by atoms with E-state index in [1.165, 1.54) is 0 Å². The van der Waals surface area contributed by atoms with Crippen molar-refractivity contribution in [2.24, 2.45) is 5.92 Å². The van der Waals surface area contributed by atoms with Crippen LogP contribution in [-0.2, 0) is 10.2 Å². The number of carbonyl (C=O) groups excluding carboxylic acids is 1. The van der Waals surface area contributed by atoms with Crippen LogP contribution in [0.15, 0.2) is 4.52 Å². The van der Waals surface area contributed by atoms with Crippen LogP contribution < -0.4 is 0 Å². The van der Waals surface area contributed by atoms with Crippen LogP contribution in [0.25, 0.3) is 0 Å². The van der Waals surface area contributed by atoms with Gasteiger partial charge in [-0.3, -0.25) is 0 Å². The number of amides is 1. The first-order valence-corrected chi connectivity index (χ1v) is 6.59. The van der Waals surface area contributed by atoms with Gasteiger partial charge in [-0.05, 0) is 40.0 Å². The van der Waals surface area contributed by atoms with Gasteiger partial charge in [-0.15, -0.1) is 0 Å². The van der Waals surface area contributed by atoms with Crippen molar-refractivity contribution in [1.82, 2.24) is 15.0 Å². The fourth-order valence-electron chi connectivity index (χ4n) is 2.78. The van der Waals surface area contributed by atoms with Crippen LogP contribution in [0, 0.1) is 12.8 Å². The number of hydrogen-bond donors (Lipinski definition) is 0. The molecule has 0 unspecified atom stereocenters. The van der Waals surface area contributed by atoms with E-state index in [0.717, 1.165) is 13.0 Å². The zero-order chi connectivity index (χ0) is 13.8. The van der Waals surface area contributed by atoms with Gasteiger partial charge in [0.2, 0.25) is 5.89 Å². The first-order chi connectivity index (χ1) is 8.80. The molecule has 1 amide bonds. The molecule has 104 valence electrons. The van der Waals surface area contributed by atoms with Crippen LogP contribution in [0.5, 0.6) is 0 Å². The monoisotopic (exact) mass is 265 g/mol. The molecule has 1 aromatic rings. The molecule has 3 rings (SSSR count). The standard InChI is InChI=1S/C13H19N3O3/c1-8-14-10(19-15-8)13-5-9(13)6-16(7-13)11(17)18-12(2,3)4/h9H,5-7H2,1-4H3/t9-,13+/m1/s1. The molecular formula is C13H19N3O3. The Morgan fingerprint density at radius 2 is 2.26 bits per heavy atom. The smallest absolute Gasteiger partial charge is 0.410 e. The van der Waals surface area contributed by atoms with E-state index in [9.17, 15) is 4.79 Å². The predicted octanol–water partition coefficient (Wildman–Crippen LogP) is 1.89. The summed E-state index contributed by atoms with van der Waals surface area (Å²) in [5.74, 6) is 1.74. The molecule has 1 aliphatic heterocycles. The lowest BCUT2D eigenvalue weighted by Gasteiger charge is -2.25. The van der Waals surface area contributed by atoms with Gasteiger partial charge in [0, 0.05) is 13.1 Å². The highest BCUT2D eigenvalue weighted by molar-refractivity contribution is 5.69. The number of ether oxygens (including phenoxy) is 1. The van der Waals surface area contributed by atoms with Gasteiger partial charge in [-0.1, -0.05) is 5.16 Å². The summed E-state index contributed by atoms with van der Waals surface area (Å²) in [4.78, 5) is 18.1. The number of hydrogen-bond acceptors (Lipinski definition) is 5. The number of piperidine rings is 1. The minimum absolute atomic E-state index is 0.113. The molecule has 6 heteroatoms. The van der Waals surface area contributed by atoms with E-state index >= 15 is 0 Å². The number of aryl methyl sites for hydroxylation is 1. The van der Waals surface area contributed by atoms with Crippen LogP contribution in [0.1, 0.15) is 38.9 Å². The van der Waals surface area contributed by atoms with Crippen molar-refractivity contribution in [2.45, 2.75) is 45.1 Å². The molecule has 0 bridgehead atoms. The minimum atomic E-state index is -0.460. The number of fused-ring (bicyclic) bond motifs is 1. The normalized spacial score (nSPS) is 29.3. The molecule has 2 fully saturated rings. The van der Waals surface area contributed by atoms with E-state index < -0.39 is 5.60 Å². The number of aromatic nitrogens is 2. The summed E-state index contributed by atoms with van der Waals surface area (Å²) in [6, 6.07) is 0. The maximum atomic E-state index is 12.0. The summed E-state index contributed by atoms with van der Waals surface area (Å²) >= 11 is 0. The second-order valence-electron chi connectivity index (χ2n) is 6.56. The predicted molar refractivity (Wildman–Crippen MR) is 66.6 cm³/mol. The highest BCUT2D eigenvalue weighted by Crippen LogP contribution is 2.58. The maximum absolute atomic E-state index is 12.0. The average molecular weight is 265 g/mol. The van der Waals surface area contributed by atoms with Crippen LogP contribution >= 0.6 is 0 Å². The molecule has 1 aromatic heterocycles. The Morgan fingerprint density at radius 1 is 1.53 bits per heavy atom. The molecule has 0 aromatic carbocycles. The molecule has 6 nitrogen and oxygen atoms in total. The highest BCUT2D eigenvalue weighted by atomic mass is 16.6. The van der Waals surface area contributed by atoms with Crippen LogP contribution in [-0.4, -0.2) is 39.8 Å². The van der Waals surface area contributed by atoms with E-state index in [1.54, 1.807) is 4.90 Å². The van der Waals surface area contributed by atoms with Crippen molar-refractivity contribution < 1.29 is 14.1 Å². The Labute approximate surface area is 112 Å². The van der Waals surface area contributed by atoms with E-state index in [2.05, 4.69) is 10.1 Å². The molecule has 0 radical (unpaired) electrons. The Kier molecular flexibility index (Phi) is 2.43. The Morgan fingerprint density at radius 3 is 2.84 bits per heavy atom. The van der Waals surface area contributed by atoms with Crippen LogP contribution in [0.4, 0.5) is 4.79 Å². The molecule has 2 heterocycles. The third-order valence-electron chi connectivity index (χ3n) is 3.75. The summed E-state index contributed by atoms with van der Waals surface area (Å²) in [6.07, 6.45) is 0.767. The zero-order valence-electron chi connectivity index (χ0n) is 11.8. The van der Waals surface area contributed by atoms with E-state index in [0.29, 0.717) is 24.2 Å². The first-order valence-electron chi connectivity index (χ1n) is 6.59.